The minimum Gasteiger partial charge on any atom is -0.465 e. The van der Waals surface area contributed by atoms with Gasteiger partial charge in [0.1, 0.15) is 0 Å². The van der Waals surface area contributed by atoms with Crippen LogP contribution in [0.2, 0.25) is 0 Å². The summed E-state index contributed by atoms with van der Waals surface area (Å²) < 4.78 is 4.71. The maximum atomic E-state index is 12.2. The molecule has 0 N–H and O–H groups in total. The van der Waals surface area contributed by atoms with E-state index in [0.717, 1.165) is 18.4 Å². The lowest BCUT2D eigenvalue weighted by molar-refractivity contribution is -0.128. The molecule has 1 aromatic rings. The average molecular weight is 355 g/mol. The third-order valence-corrected chi connectivity index (χ3v) is 4.99. The minimum atomic E-state index is -0.332. The smallest absolute Gasteiger partial charge is 0.337 e. The summed E-state index contributed by atoms with van der Waals surface area (Å²) in [6, 6.07) is 7.56. The molecule has 0 aromatic heterocycles. The summed E-state index contributed by atoms with van der Waals surface area (Å²) in [5, 5.41) is 0. The number of hydrogen-bond acceptors (Lipinski definition) is 3. The number of methoxy groups -OCH3 is 1. The van der Waals surface area contributed by atoms with E-state index in [-0.39, 0.29) is 17.9 Å². The van der Waals surface area contributed by atoms with Crippen LogP contribution in [0.4, 0.5) is 0 Å². The zero-order valence-corrected chi connectivity index (χ0v) is 16.2. The van der Waals surface area contributed by atoms with Gasteiger partial charge in [0.25, 0.3) is 0 Å². The van der Waals surface area contributed by atoms with E-state index in [2.05, 4.69) is 39.0 Å². The highest BCUT2D eigenvalue weighted by Gasteiger charge is 2.28. The molecule has 1 amide bonds. The zero-order valence-electron chi connectivity index (χ0n) is 16.2. The fraction of sp³-hybridized carbons (Fsp3) is 0.455. The maximum Gasteiger partial charge on any atom is 0.337 e. The van der Waals surface area contributed by atoms with Crippen molar-refractivity contribution in [3.05, 3.63) is 59.2 Å². The zero-order chi connectivity index (χ0) is 19.1. The molecule has 0 bridgehead atoms. The van der Waals surface area contributed by atoms with Crippen LogP contribution >= 0.6 is 0 Å². The van der Waals surface area contributed by atoms with Crippen molar-refractivity contribution in [2.45, 2.75) is 46.1 Å². The van der Waals surface area contributed by atoms with Crippen molar-refractivity contribution in [3.63, 3.8) is 0 Å². The quantitative estimate of drug-likeness (QED) is 0.545. The molecule has 0 spiro atoms. The largest absolute Gasteiger partial charge is 0.465 e. The monoisotopic (exact) mass is 355 g/mol. The van der Waals surface area contributed by atoms with Crippen molar-refractivity contribution in [1.29, 1.82) is 0 Å². The van der Waals surface area contributed by atoms with E-state index in [1.54, 1.807) is 12.1 Å². The summed E-state index contributed by atoms with van der Waals surface area (Å²) >= 11 is 0. The Kier molecular flexibility index (Phi) is 7.19. The lowest BCUT2D eigenvalue weighted by Gasteiger charge is -2.22. The van der Waals surface area contributed by atoms with E-state index in [9.17, 15) is 9.59 Å². The van der Waals surface area contributed by atoms with Crippen LogP contribution in [0.5, 0.6) is 0 Å². The van der Waals surface area contributed by atoms with Crippen LogP contribution in [-0.4, -0.2) is 36.5 Å². The van der Waals surface area contributed by atoms with Crippen molar-refractivity contribution in [2.24, 2.45) is 5.92 Å². The van der Waals surface area contributed by atoms with Crippen molar-refractivity contribution < 1.29 is 14.3 Å². The molecule has 0 unspecified atom stereocenters. The van der Waals surface area contributed by atoms with Crippen LogP contribution in [0.1, 0.15) is 49.5 Å². The van der Waals surface area contributed by atoms with Gasteiger partial charge < -0.3 is 9.64 Å². The first-order chi connectivity index (χ1) is 12.4. The number of ether oxygens (including phenoxy) is 1. The minimum absolute atomic E-state index is 0.174. The van der Waals surface area contributed by atoms with E-state index in [4.69, 9.17) is 4.74 Å². The Hall–Kier alpha value is -2.36. The Labute approximate surface area is 156 Å². The highest BCUT2D eigenvalue weighted by Crippen LogP contribution is 2.21. The van der Waals surface area contributed by atoms with Crippen LogP contribution in [-0.2, 0) is 16.0 Å². The van der Waals surface area contributed by atoms with Crippen LogP contribution < -0.4 is 0 Å². The second-order valence-corrected chi connectivity index (χ2v) is 7.08. The normalized spacial score (nSPS) is 18.2. The third-order valence-electron chi connectivity index (χ3n) is 4.99. The molecule has 140 valence electrons. The predicted octanol–water partition coefficient (Wildman–Crippen LogP) is 4.17. The van der Waals surface area contributed by atoms with Gasteiger partial charge in [-0.25, -0.2) is 4.79 Å². The first kappa shape index (κ1) is 20.0. The standard InChI is InChI=1S/C22H29NO3/c1-16(2)17(3)6-5-7-20-12-13-21(24)23(20)15-14-18-8-10-19(11-9-18)22(25)26-4/h5-11,16,20H,12-15H2,1-4H3/t20-/m0/s1. The molecule has 4 nitrogen and oxygen atoms in total. The number of likely N-dealkylation sites (tertiary alicyclic amines) is 1. The average Bonchev–Trinajstić information content (AvgIpc) is 2.99. The Morgan fingerprint density at radius 1 is 1.31 bits per heavy atom. The molecular formula is C22H29NO3. The lowest BCUT2D eigenvalue weighted by Crippen LogP contribution is -2.33. The molecule has 1 saturated heterocycles. The number of amides is 1. The van der Waals surface area contributed by atoms with Gasteiger partial charge in [0.15, 0.2) is 0 Å². The van der Waals surface area contributed by atoms with Crippen molar-refractivity contribution in [2.75, 3.05) is 13.7 Å². The molecule has 26 heavy (non-hydrogen) atoms. The van der Waals surface area contributed by atoms with Gasteiger partial charge in [-0.05, 0) is 43.4 Å². The van der Waals surface area contributed by atoms with Crippen molar-refractivity contribution >= 4 is 11.9 Å². The second kappa shape index (κ2) is 9.37. The molecule has 4 heteroatoms. The summed E-state index contributed by atoms with van der Waals surface area (Å²) in [7, 11) is 1.38. The van der Waals surface area contributed by atoms with Gasteiger partial charge in [-0.15, -0.1) is 0 Å². The lowest BCUT2D eigenvalue weighted by atomic mass is 10.0. The number of benzene rings is 1. The Morgan fingerprint density at radius 2 is 2.00 bits per heavy atom. The summed E-state index contributed by atoms with van der Waals surface area (Å²) in [6.45, 7) is 7.18. The fourth-order valence-electron chi connectivity index (χ4n) is 2.95. The van der Waals surface area contributed by atoms with Gasteiger partial charge in [-0.3, -0.25) is 4.79 Å². The highest BCUT2D eigenvalue weighted by molar-refractivity contribution is 5.89. The van der Waals surface area contributed by atoms with Crippen LogP contribution in [0.15, 0.2) is 48.1 Å². The van der Waals surface area contributed by atoms with Gasteiger partial charge in [0.05, 0.1) is 18.7 Å². The van der Waals surface area contributed by atoms with E-state index in [1.165, 1.54) is 12.7 Å². The molecular weight excluding hydrogens is 326 g/mol. The van der Waals surface area contributed by atoms with E-state index < -0.39 is 0 Å². The number of carbonyl (C=O) groups is 2. The Morgan fingerprint density at radius 3 is 2.62 bits per heavy atom. The maximum absolute atomic E-state index is 12.2. The van der Waals surface area contributed by atoms with Gasteiger partial charge in [-0.1, -0.05) is 49.8 Å². The van der Waals surface area contributed by atoms with Gasteiger partial charge in [0.2, 0.25) is 5.91 Å². The van der Waals surface area contributed by atoms with Gasteiger partial charge in [0, 0.05) is 13.0 Å². The molecule has 1 aliphatic heterocycles. The van der Waals surface area contributed by atoms with Crippen LogP contribution in [0.25, 0.3) is 0 Å². The van der Waals surface area contributed by atoms with E-state index >= 15 is 0 Å². The number of hydrogen-bond donors (Lipinski definition) is 0. The number of allylic oxidation sites excluding steroid dienone is 3. The number of rotatable bonds is 7. The Balaban J connectivity index is 1.96. The first-order valence-electron chi connectivity index (χ1n) is 9.24. The molecule has 1 aromatic carbocycles. The SMILES string of the molecule is COC(=O)c1ccc(CCN2C(=O)CC[C@@H]2C=CC=C(C)C(C)C)cc1. The highest BCUT2D eigenvalue weighted by atomic mass is 16.5. The summed E-state index contributed by atoms with van der Waals surface area (Å²) in [5.74, 6) is 0.422. The predicted molar refractivity (Wildman–Crippen MR) is 104 cm³/mol. The molecule has 1 heterocycles. The van der Waals surface area contributed by atoms with E-state index in [1.807, 2.05) is 17.0 Å². The molecule has 1 fully saturated rings. The molecule has 0 aliphatic carbocycles. The topological polar surface area (TPSA) is 46.6 Å². The summed E-state index contributed by atoms with van der Waals surface area (Å²) in [5.41, 5.74) is 2.99. The van der Waals surface area contributed by atoms with E-state index in [0.29, 0.717) is 24.4 Å². The number of esters is 1. The summed E-state index contributed by atoms with van der Waals surface area (Å²) in [4.78, 5) is 25.7. The van der Waals surface area contributed by atoms with Crippen LogP contribution in [0, 0.1) is 5.92 Å². The molecule has 1 aliphatic rings. The molecule has 1 atom stereocenters. The third kappa shape index (κ3) is 5.32. The first-order valence-corrected chi connectivity index (χ1v) is 9.24. The summed E-state index contributed by atoms with van der Waals surface area (Å²) in [6.07, 6.45) is 8.62. The number of carbonyl (C=O) groups excluding carboxylic acids is 2. The van der Waals surface area contributed by atoms with Gasteiger partial charge in [-0.2, -0.15) is 0 Å². The van der Waals surface area contributed by atoms with Gasteiger partial charge >= 0.3 is 5.97 Å². The van der Waals surface area contributed by atoms with Crippen molar-refractivity contribution in [3.8, 4) is 0 Å². The number of nitrogens with zero attached hydrogens (tertiary/aromatic N) is 1. The molecule has 2 rings (SSSR count). The van der Waals surface area contributed by atoms with Crippen molar-refractivity contribution in [1.82, 2.24) is 4.90 Å². The second-order valence-electron chi connectivity index (χ2n) is 7.08. The molecule has 0 radical (unpaired) electrons. The van der Waals surface area contributed by atoms with Crippen LogP contribution in [0.3, 0.4) is 0 Å². The Bertz CT molecular complexity index is 686. The molecule has 0 saturated carbocycles. The fourth-order valence-corrected chi connectivity index (χ4v) is 2.95.